The molecule has 0 aliphatic carbocycles. The number of carbonyl (C=O) groups excluding carboxylic acids is 1. The molecule has 6 heteroatoms. The molecule has 0 N–H and O–H groups in total. The van der Waals surface area contributed by atoms with Crippen LogP contribution in [-0.4, -0.2) is 17.6 Å². The van der Waals surface area contributed by atoms with Crippen molar-refractivity contribution in [1.82, 2.24) is 4.98 Å². The highest BCUT2D eigenvalue weighted by molar-refractivity contribution is 5.92. The highest BCUT2D eigenvalue weighted by Gasteiger charge is 2.23. The highest BCUT2D eigenvalue weighted by Crippen LogP contribution is 2.26. The third kappa shape index (κ3) is 2.75. The van der Waals surface area contributed by atoms with Crippen LogP contribution in [0.25, 0.3) is 0 Å². The zero-order chi connectivity index (χ0) is 13.0. The Kier molecular flexibility index (Phi) is 4.10. The predicted molar refractivity (Wildman–Crippen MR) is 54.6 cm³/mol. The smallest absolute Gasteiger partial charge is 0.340 e. The van der Waals surface area contributed by atoms with Crippen LogP contribution in [0.15, 0.2) is 6.07 Å². The number of hydrogen-bond donors (Lipinski definition) is 0. The van der Waals surface area contributed by atoms with Crippen LogP contribution in [-0.2, 0) is 4.74 Å². The van der Waals surface area contributed by atoms with Crippen molar-refractivity contribution in [2.75, 3.05) is 6.61 Å². The first kappa shape index (κ1) is 13.0. The van der Waals surface area contributed by atoms with Gasteiger partial charge in [-0.25, -0.2) is 18.6 Å². The van der Waals surface area contributed by atoms with Crippen LogP contribution in [0.1, 0.15) is 40.7 Å². The Balaban J connectivity index is 3.37. The SMILES string of the molecule is CCOC(=O)c1c(C(F)F)cc(C#N)nc1C. The van der Waals surface area contributed by atoms with E-state index < -0.39 is 18.0 Å². The van der Waals surface area contributed by atoms with E-state index in [4.69, 9.17) is 5.26 Å². The van der Waals surface area contributed by atoms with Crippen LogP contribution in [0.5, 0.6) is 0 Å². The fraction of sp³-hybridized carbons (Fsp3) is 0.364. The Bertz CT molecular complexity index is 481. The number of nitrogens with zero attached hydrogens (tertiary/aromatic N) is 2. The van der Waals surface area contributed by atoms with Crippen LogP contribution >= 0.6 is 0 Å². The average Bonchev–Trinajstić information content (AvgIpc) is 2.27. The number of ether oxygens (including phenoxy) is 1. The van der Waals surface area contributed by atoms with E-state index in [1.807, 2.05) is 0 Å². The lowest BCUT2D eigenvalue weighted by Gasteiger charge is -2.10. The van der Waals surface area contributed by atoms with Gasteiger partial charge in [-0.15, -0.1) is 0 Å². The summed E-state index contributed by atoms with van der Waals surface area (Å²) in [5, 5.41) is 8.63. The minimum Gasteiger partial charge on any atom is -0.462 e. The van der Waals surface area contributed by atoms with Crippen molar-refractivity contribution in [1.29, 1.82) is 5.26 Å². The molecule has 0 saturated heterocycles. The summed E-state index contributed by atoms with van der Waals surface area (Å²) in [4.78, 5) is 15.3. The lowest BCUT2D eigenvalue weighted by molar-refractivity contribution is 0.0513. The molecule has 1 heterocycles. The number of esters is 1. The highest BCUT2D eigenvalue weighted by atomic mass is 19.3. The molecule has 0 atom stereocenters. The summed E-state index contributed by atoms with van der Waals surface area (Å²) >= 11 is 0. The quantitative estimate of drug-likeness (QED) is 0.761. The summed E-state index contributed by atoms with van der Waals surface area (Å²) in [5.41, 5.74) is -0.864. The van der Waals surface area contributed by atoms with E-state index in [2.05, 4.69) is 9.72 Å². The summed E-state index contributed by atoms with van der Waals surface area (Å²) in [6, 6.07) is 2.57. The van der Waals surface area contributed by atoms with Gasteiger partial charge in [-0.3, -0.25) is 0 Å². The number of rotatable bonds is 3. The van der Waals surface area contributed by atoms with Gasteiger partial charge in [0.05, 0.1) is 17.9 Å². The molecule has 0 fully saturated rings. The number of hydrogen-bond acceptors (Lipinski definition) is 4. The molecule has 4 nitrogen and oxygen atoms in total. The first-order valence-corrected chi connectivity index (χ1v) is 4.88. The molecule has 0 aliphatic rings. The van der Waals surface area contributed by atoms with Crippen molar-refractivity contribution < 1.29 is 18.3 Å². The molecule has 1 aromatic heterocycles. The summed E-state index contributed by atoms with van der Waals surface area (Å²) < 4.78 is 30.2. The third-order valence-electron chi connectivity index (χ3n) is 2.06. The number of nitriles is 1. The van der Waals surface area contributed by atoms with Crippen LogP contribution in [0, 0.1) is 18.3 Å². The van der Waals surface area contributed by atoms with E-state index in [1.54, 1.807) is 13.0 Å². The average molecular weight is 240 g/mol. The maximum Gasteiger partial charge on any atom is 0.340 e. The lowest BCUT2D eigenvalue weighted by Crippen LogP contribution is -2.12. The Morgan fingerprint density at radius 2 is 2.29 bits per heavy atom. The number of halogens is 2. The topological polar surface area (TPSA) is 63.0 Å². The predicted octanol–water partition coefficient (Wildman–Crippen LogP) is 2.38. The first-order valence-electron chi connectivity index (χ1n) is 4.88. The minimum atomic E-state index is -2.86. The van der Waals surface area contributed by atoms with E-state index in [0.29, 0.717) is 0 Å². The summed E-state index contributed by atoms with van der Waals surface area (Å²) in [6.07, 6.45) is -2.86. The molecule has 0 amide bonds. The van der Waals surface area contributed by atoms with Gasteiger partial charge in [0.1, 0.15) is 11.8 Å². The van der Waals surface area contributed by atoms with Crippen molar-refractivity contribution in [2.24, 2.45) is 0 Å². The van der Waals surface area contributed by atoms with E-state index in [-0.39, 0.29) is 23.6 Å². The van der Waals surface area contributed by atoms with E-state index >= 15 is 0 Å². The molecular formula is C11H10F2N2O2. The Hall–Kier alpha value is -2.03. The maximum atomic E-state index is 12.8. The normalized spacial score (nSPS) is 10.1. The molecule has 0 spiro atoms. The number of carbonyl (C=O) groups is 1. The second kappa shape index (κ2) is 5.34. The van der Waals surface area contributed by atoms with Gasteiger partial charge in [0, 0.05) is 5.56 Å². The number of aryl methyl sites for hydroxylation is 1. The van der Waals surface area contributed by atoms with Crippen molar-refractivity contribution in [3.63, 3.8) is 0 Å². The van der Waals surface area contributed by atoms with Gasteiger partial charge in [-0.1, -0.05) is 0 Å². The van der Waals surface area contributed by atoms with Crippen molar-refractivity contribution in [3.05, 3.63) is 28.6 Å². The molecule has 1 aromatic rings. The van der Waals surface area contributed by atoms with Crippen LogP contribution in [0.2, 0.25) is 0 Å². The molecule has 0 saturated carbocycles. The second-order valence-electron chi connectivity index (χ2n) is 3.19. The lowest BCUT2D eigenvalue weighted by atomic mass is 10.1. The maximum absolute atomic E-state index is 12.8. The fourth-order valence-corrected chi connectivity index (χ4v) is 1.40. The largest absolute Gasteiger partial charge is 0.462 e. The van der Waals surface area contributed by atoms with Crippen LogP contribution < -0.4 is 0 Å². The van der Waals surface area contributed by atoms with Crippen molar-refractivity contribution >= 4 is 5.97 Å². The van der Waals surface area contributed by atoms with E-state index in [1.165, 1.54) is 6.92 Å². The van der Waals surface area contributed by atoms with Gasteiger partial charge in [0.15, 0.2) is 0 Å². The van der Waals surface area contributed by atoms with Crippen molar-refractivity contribution in [2.45, 2.75) is 20.3 Å². The standard InChI is InChI=1S/C11H10F2N2O2/c1-3-17-11(16)9-6(2)15-7(5-14)4-8(9)10(12)13/h4,10H,3H2,1-2H3. The second-order valence-corrected chi connectivity index (χ2v) is 3.19. The molecule has 0 aromatic carbocycles. The summed E-state index contributed by atoms with van der Waals surface area (Å²) in [5.74, 6) is -0.850. The summed E-state index contributed by atoms with van der Waals surface area (Å²) in [7, 11) is 0. The Morgan fingerprint density at radius 3 is 2.76 bits per heavy atom. The monoisotopic (exact) mass is 240 g/mol. The van der Waals surface area contributed by atoms with Crippen molar-refractivity contribution in [3.8, 4) is 6.07 Å². The number of alkyl halides is 2. The number of aromatic nitrogens is 1. The third-order valence-corrected chi connectivity index (χ3v) is 2.06. The molecule has 17 heavy (non-hydrogen) atoms. The molecule has 90 valence electrons. The zero-order valence-corrected chi connectivity index (χ0v) is 9.33. The van der Waals surface area contributed by atoms with E-state index in [9.17, 15) is 13.6 Å². The van der Waals surface area contributed by atoms with Gasteiger partial charge in [-0.05, 0) is 19.9 Å². The molecule has 0 unspecified atom stereocenters. The Labute approximate surface area is 96.8 Å². The zero-order valence-electron chi connectivity index (χ0n) is 9.33. The molecule has 1 rings (SSSR count). The summed E-state index contributed by atoms with van der Waals surface area (Å²) in [6.45, 7) is 3.05. The van der Waals surface area contributed by atoms with Gasteiger partial charge in [0.25, 0.3) is 6.43 Å². The number of pyridine rings is 1. The van der Waals surface area contributed by atoms with Gasteiger partial charge >= 0.3 is 5.97 Å². The molecule has 0 bridgehead atoms. The Morgan fingerprint density at radius 1 is 1.65 bits per heavy atom. The van der Waals surface area contributed by atoms with Crippen LogP contribution in [0.3, 0.4) is 0 Å². The fourth-order valence-electron chi connectivity index (χ4n) is 1.40. The van der Waals surface area contributed by atoms with Gasteiger partial charge < -0.3 is 4.74 Å². The molecular weight excluding hydrogens is 230 g/mol. The molecule has 0 aliphatic heterocycles. The van der Waals surface area contributed by atoms with E-state index in [0.717, 1.165) is 6.07 Å². The first-order chi connectivity index (χ1) is 8.01. The van der Waals surface area contributed by atoms with Gasteiger partial charge in [0.2, 0.25) is 0 Å². The molecule has 0 radical (unpaired) electrons. The minimum absolute atomic E-state index is 0.0674. The van der Waals surface area contributed by atoms with Crippen LogP contribution in [0.4, 0.5) is 8.78 Å². The van der Waals surface area contributed by atoms with Gasteiger partial charge in [-0.2, -0.15) is 5.26 Å².